The summed E-state index contributed by atoms with van der Waals surface area (Å²) in [5.41, 5.74) is 2.22. The Kier molecular flexibility index (Phi) is 4.90. The number of carbonyl (C=O) groups is 1. The third-order valence-electron chi connectivity index (χ3n) is 5.57. The van der Waals surface area contributed by atoms with E-state index in [1.54, 1.807) is 41.5 Å². The van der Waals surface area contributed by atoms with E-state index in [4.69, 9.17) is 13.6 Å². The predicted molar refractivity (Wildman–Crippen MR) is 120 cm³/mol. The van der Waals surface area contributed by atoms with Crippen LogP contribution >= 0.6 is 0 Å². The lowest BCUT2D eigenvalue weighted by atomic mass is 9.98. The number of amides is 1. The molecule has 4 aromatic rings. The summed E-state index contributed by atoms with van der Waals surface area (Å²) in [5, 5.41) is 0.459. The Morgan fingerprint density at radius 1 is 1.12 bits per heavy atom. The van der Waals surface area contributed by atoms with E-state index in [0.717, 1.165) is 11.1 Å². The van der Waals surface area contributed by atoms with E-state index in [1.165, 1.54) is 0 Å². The molecule has 0 aliphatic carbocycles. The minimum atomic E-state index is -0.629. The first-order valence-electron chi connectivity index (χ1n) is 10.3. The third-order valence-corrected chi connectivity index (χ3v) is 5.57. The van der Waals surface area contributed by atoms with Gasteiger partial charge in [0.2, 0.25) is 5.76 Å². The van der Waals surface area contributed by atoms with Crippen molar-refractivity contribution in [1.29, 1.82) is 0 Å². The number of fused-ring (bicyclic) bond motifs is 2. The number of nitrogens with zero attached hydrogens (tertiary/aromatic N) is 1. The Balaban J connectivity index is 1.71. The van der Waals surface area contributed by atoms with Gasteiger partial charge in [0.1, 0.15) is 23.7 Å². The van der Waals surface area contributed by atoms with Crippen LogP contribution in [0.5, 0.6) is 5.75 Å². The maximum atomic E-state index is 13.6. The zero-order chi connectivity index (χ0) is 22.2. The first-order chi connectivity index (χ1) is 15.6. The second kappa shape index (κ2) is 7.89. The molecule has 0 spiro atoms. The number of rotatable bonds is 6. The molecule has 6 nitrogen and oxygen atoms in total. The summed E-state index contributed by atoms with van der Waals surface area (Å²) >= 11 is 0. The van der Waals surface area contributed by atoms with Crippen molar-refractivity contribution >= 4 is 16.9 Å². The molecule has 6 heteroatoms. The number of ether oxygens (including phenoxy) is 1. The summed E-state index contributed by atoms with van der Waals surface area (Å²) in [7, 11) is 0. The predicted octanol–water partition coefficient (Wildman–Crippen LogP) is 5.00. The molecule has 2 aromatic heterocycles. The lowest BCUT2D eigenvalue weighted by molar-refractivity contribution is 0.0701. The van der Waals surface area contributed by atoms with Gasteiger partial charge in [-0.15, -0.1) is 0 Å². The standard InChI is InChI=1S/C26H21NO5/c1-3-11-30-18-7-4-6-17(14-18)23-22-24(28)20-13-16(2)9-10-21(20)32-25(22)26(29)27(23)15-19-8-5-12-31-19/h3-10,12-14,23H,1,11,15H2,2H3/t23-/m1/s1. The van der Waals surface area contributed by atoms with Gasteiger partial charge in [0, 0.05) is 0 Å². The Morgan fingerprint density at radius 2 is 2.00 bits per heavy atom. The molecule has 160 valence electrons. The van der Waals surface area contributed by atoms with Crippen molar-refractivity contribution in [2.75, 3.05) is 6.61 Å². The summed E-state index contributed by atoms with van der Waals surface area (Å²) in [5.74, 6) is 0.962. The number of hydrogen-bond donors (Lipinski definition) is 0. The van der Waals surface area contributed by atoms with Gasteiger partial charge in [-0.05, 0) is 48.9 Å². The van der Waals surface area contributed by atoms with Crippen LogP contribution in [-0.4, -0.2) is 17.4 Å². The molecular formula is C26H21NO5. The van der Waals surface area contributed by atoms with Crippen LogP contribution < -0.4 is 10.2 Å². The van der Waals surface area contributed by atoms with Crippen molar-refractivity contribution < 1.29 is 18.4 Å². The zero-order valence-electron chi connectivity index (χ0n) is 17.5. The van der Waals surface area contributed by atoms with Gasteiger partial charge in [0.15, 0.2) is 5.43 Å². The topological polar surface area (TPSA) is 72.9 Å². The van der Waals surface area contributed by atoms with Gasteiger partial charge in [0.25, 0.3) is 5.91 Å². The second-order valence-corrected chi connectivity index (χ2v) is 7.76. The molecule has 0 bridgehead atoms. The highest BCUT2D eigenvalue weighted by Gasteiger charge is 2.43. The molecule has 0 unspecified atom stereocenters. The van der Waals surface area contributed by atoms with Gasteiger partial charge in [0.05, 0.1) is 29.8 Å². The van der Waals surface area contributed by atoms with Crippen LogP contribution in [0.2, 0.25) is 0 Å². The Bertz CT molecular complexity index is 1380. The van der Waals surface area contributed by atoms with Gasteiger partial charge in [-0.25, -0.2) is 0 Å². The molecule has 5 rings (SSSR count). The van der Waals surface area contributed by atoms with E-state index in [0.29, 0.717) is 34.6 Å². The monoisotopic (exact) mass is 427 g/mol. The highest BCUT2D eigenvalue weighted by atomic mass is 16.5. The van der Waals surface area contributed by atoms with Crippen LogP contribution in [-0.2, 0) is 6.54 Å². The molecule has 1 amide bonds. The van der Waals surface area contributed by atoms with Crippen LogP contribution in [0.4, 0.5) is 0 Å². The van der Waals surface area contributed by atoms with Crippen LogP contribution in [0.25, 0.3) is 11.0 Å². The van der Waals surface area contributed by atoms with Crippen molar-refractivity contribution in [2.24, 2.45) is 0 Å². The van der Waals surface area contributed by atoms with Gasteiger partial charge >= 0.3 is 0 Å². The summed E-state index contributed by atoms with van der Waals surface area (Å²) in [6.45, 7) is 6.14. The molecule has 32 heavy (non-hydrogen) atoms. The van der Waals surface area contributed by atoms with E-state index < -0.39 is 6.04 Å². The van der Waals surface area contributed by atoms with Crippen LogP contribution in [0.1, 0.15) is 39.0 Å². The van der Waals surface area contributed by atoms with E-state index in [9.17, 15) is 9.59 Å². The lowest BCUT2D eigenvalue weighted by Crippen LogP contribution is -2.29. The SMILES string of the molecule is C=CCOc1cccc([C@@H]2c3c(oc4ccc(C)cc4c3=O)C(=O)N2Cc2ccco2)c1. The number of furan rings is 1. The van der Waals surface area contributed by atoms with Crippen LogP contribution in [0.15, 0.2) is 87.1 Å². The van der Waals surface area contributed by atoms with Gasteiger partial charge in [-0.1, -0.05) is 36.4 Å². The van der Waals surface area contributed by atoms with Crippen molar-refractivity contribution in [3.63, 3.8) is 0 Å². The lowest BCUT2D eigenvalue weighted by Gasteiger charge is -2.24. The van der Waals surface area contributed by atoms with Gasteiger partial charge in [-0.2, -0.15) is 0 Å². The number of carbonyl (C=O) groups excluding carboxylic acids is 1. The number of aryl methyl sites for hydroxylation is 1. The smallest absolute Gasteiger partial charge is 0.291 e. The van der Waals surface area contributed by atoms with Crippen LogP contribution in [0.3, 0.4) is 0 Å². The van der Waals surface area contributed by atoms with Crippen LogP contribution in [0, 0.1) is 6.92 Å². The average molecular weight is 427 g/mol. The van der Waals surface area contributed by atoms with E-state index in [-0.39, 0.29) is 23.6 Å². The minimum absolute atomic E-state index is 0.0697. The Labute approximate surface area is 184 Å². The first-order valence-corrected chi connectivity index (χ1v) is 10.3. The summed E-state index contributed by atoms with van der Waals surface area (Å²) in [6.07, 6.45) is 3.22. The molecule has 0 fully saturated rings. The summed E-state index contributed by atoms with van der Waals surface area (Å²) in [6, 6.07) is 15.7. The van der Waals surface area contributed by atoms with Crippen molar-refractivity contribution in [3.05, 3.63) is 112 Å². The highest BCUT2D eigenvalue weighted by molar-refractivity contribution is 5.99. The van der Waals surface area contributed by atoms with E-state index in [2.05, 4.69) is 6.58 Å². The average Bonchev–Trinajstić information content (AvgIpc) is 3.41. The zero-order valence-corrected chi connectivity index (χ0v) is 17.5. The normalized spacial score (nSPS) is 15.2. The molecule has 1 aliphatic heterocycles. The van der Waals surface area contributed by atoms with E-state index >= 15 is 0 Å². The molecule has 0 saturated carbocycles. The first kappa shape index (κ1) is 19.9. The molecule has 0 saturated heterocycles. The van der Waals surface area contributed by atoms with E-state index in [1.807, 2.05) is 37.3 Å². The van der Waals surface area contributed by atoms with Gasteiger partial charge in [-0.3, -0.25) is 9.59 Å². The number of hydrogen-bond acceptors (Lipinski definition) is 5. The molecule has 3 heterocycles. The van der Waals surface area contributed by atoms with Crippen molar-refractivity contribution in [2.45, 2.75) is 19.5 Å². The third kappa shape index (κ3) is 3.30. The fraction of sp³-hybridized carbons (Fsp3) is 0.154. The molecule has 0 radical (unpaired) electrons. The second-order valence-electron chi connectivity index (χ2n) is 7.76. The highest BCUT2D eigenvalue weighted by Crippen LogP contribution is 2.40. The molecule has 2 aromatic carbocycles. The minimum Gasteiger partial charge on any atom is -0.490 e. The number of benzene rings is 2. The van der Waals surface area contributed by atoms with Gasteiger partial charge < -0.3 is 18.5 Å². The Hall–Kier alpha value is -4.06. The Morgan fingerprint density at radius 3 is 2.78 bits per heavy atom. The summed E-state index contributed by atoms with van der Waals surface area (Å²) in [4.78, 5) is 28.6. The van der Waals surface area contributed by atoms with Crippen molar-refractivity contribution in [1.82, 2.24) is 4.90 Å². The van der Waals surface area contributed by atoms with Crippen molar-refractivity contribution in [3.8, 4) is 5.75 Å². The fourth-order valence-electron chi connectivity index (χ4n) is 4.14. The molecule has 1 atom stereocenters. The quantitative estimate of drug-likeness (QED) is 0.405. The molecule has 1 aliphatic rings. The molecular weight excluding hydrogens is 406 g/mol. The maximum absolute atomic E-state index is 13.6. The molecule has 0 N–H and O–H groups in total. The largest absolute Gasteiger partial charge is 0.490 e. The fourth-order valence-corrected chi connectivity index (χ4v) is 4.14. The summed E-state index contributed by atoms with van der Waals surface area (Å²) < 4.78 is 17.2. The maximum Gasteiger partial charge on any atom is 0.291 e.